The first-order valence-electron chi connectivity index (χ1n) is 7.30. The lowest BCUT2D eigenvalue weighted by molar-refractivity contribution is 0.266. The smallest absolute Gasteiger partial charge is 0.279 e. The van der Waals surface area contributed by atoms with Gasteiger partial charge in [-0.05, 0) is 50.0 Å². The molecular weight excluding hydrogens is 262 g/mol. The molecule has 2 rings (SSSR count). The molecule has 0 aromatic rings. The fourth-order valence-corrected chi connectivity index (χ4v) is 4.81. The molecule has 2 atom stereocenters. The highest BCUT2D eigenvalue weighted by Gasteiger charge is 2.36. The van der Waals surface area contributed by atoms with Crippen molar-refractivity contribution >= 4 is 10.2 Å². The van der Waals surface area contributed by atoms with Gasteiger partial charge < -0.3 is 5.73 Å². The van der Waals surface area contributed by atoms with E-state index in [0.717, 1.165) is 32.1 Å². The molecule has 1 heterocycles. The van der Waals surface area contributed by atoms with Crippen LogP contribution in [0.25, 0.3) is 0 Å². The molecule has 5 nitrogen and oxygen atoms in total. The van der Waals surface area contributed by atoms with Crippen molar-refractivity contribution in [3.8, 4) is 0 Å². The fraction of sp³-hybridized carbons (Fsp3) is 1.00. The summed E-state index contributed by atoms with van der Waals surface area (Å²) in [7, 11) is -3.33. The molecule has 1 saturated carbocycles. The van der Waals surface area contributed by atoms with Crippen LogP contribution in [0.1, 0.15) is 46.0 Å². The number of nitrogens with two attached hydrogens (primary N) is 1. The van der Waals surface area contributed by atoms with Gasteiger partial charge in [-0.15, -0.1) is 0 Å². The summed E-state index contributed by atoms with van der Waals surface area (Å²) < 4.78 is 29.2. The van der Waals surface area contributed by atoms with Crippen LogP contribution in [0.4, 0.5) is 0 Å². The molecular formula is C13H27N3O2S. The molecule has 6 heteroatoms. The Kier molecular flexibility index (Phi) is 4.55. The fourth-order valence-electron chi connectivity index (χ4n) is 3.26. The van der Waals surface area contributed by atoms with Gasteiger partial charge in [-0.1, -0.05) is 13.8 Å². The number of piperidine rings is 1. The molecule has 0 aromatic heterocycles. The van der Waals surface area contributed by atoms with Crippen molar-refractivity contribution in [2.75, 3.05) is 19.6 Å². The maximum Gasteiger partial charge on any atom is 0.279 e. The summed E-state index contributed by atoms with van der Waals surface area (Å²) in [6, 6.07) is 0.0956. The van der Waals surface area contributed by atoms with Gasteiger partial charge in [0.15, 0.2) is 0 Å². The van der Waals surface area contributed by atoms with Gasteiger partial charge in [0.1, 0.15) is 0 Å². The Labute approximate surface area is 117 Å². The first-order chi connectivity index (χ1) is 8.82. The van der Waals surface area contributed by atoms with Crippen LogP contribution in [-0.4, -0.2) is 38.4 Å². The van der Waals surface area contributed by atoms with E-state index in [0.29, 0.717) is 25.6 Å². The quantitative estimate of drug-likeness (QED) is 0.813. The van der Waals surface area contributed by atoms with Gasteiger partial charge in [0, 0.05) is 19.1 Å². The molecule has 0 amide bonds. The molecule has 1 aliphatic carbocycles. The van der Waals surface area contributed by atoms with Crippen LogP contribution >= 0.6 is 0 Å². The summed E-state index contributed by atoms with van der Waals surface area (Å²) in [6.45, 7) is 6.17. The third kappa shape index (κ3) is 3.90. The molecule has 1 aliphatic heterocycles. The third-order valence-corrected chi connectivity index (χ3v) is 6.08. The molecule has 112 valence electrons. The summed E-state index contributed by atoms with van der Waals surface area (Å²) in [5.74, 6) is 0.311. The zero-order valence-electron chi connectivity index (χ0n) is 12.1. The Balaban J connectivity index is 1.95. The van der Waals surface area contributed by atoms with E-state index in [1.807, 2.05) is 0 Å². The van der Waals surface area contributed by atoms with Gasteiger partial charge in [0.2, 0.25) is 0 Å². The minimum atomic E-state index is -3.33. The van der Waals surface area contributed by atoms with E-state index in [4.69, 9.17) is 5.73 Å². The Morgan fingerprint density at radius 1 is 1.37 bits per heavy atom. The topological polar surface area (TPSA) is 75.4 Å². The van der Waals surface area contributed by atoms with Crippen LogP contribution in [0, 0.1) is 11.3 Å². The molecule has 2 aliphatic rings. The molecule has 0 bridgehead atoms. The highest BCUT2D eigenvalue weighted by molar-refractivity contribution is 7.87. The minimum Gasteiger partial charge on any atom is -0.330 e. The van der Waals surface area contributed by atoms with E-state index < -0.39 is 10.2 Å². The lowest BCUT2D eigenvalue weighted by atomic mass is 9.92. The summed E-state index contributed by atoms with van der Waals surface area (Å²) in [6.07, 6.45) is 4.92. The average molecular weight is 289 g/mol. The zero-order valence-corrected chi connectivity index (χ0v) is 12.9. The van der Waals surface area contributed by atoms with E-state index in [9.17, 15) is 8.42 Å². The van der Waals surface area contributed by atoms with Crippen molar-refractivity contribution in [3.05, 3.63) is 0 Å². The monoisotopic (exact) mass is 289 g/mol. The van der Waals surface area contributed by atoms with Crippen molar-refractivity contribution in [2.45, 2.75) is 52.0 Å². The molecule has 0 aromatic carbocycles. The number of nitrogens with one attached hydrogen (secondary N) is 1. The van der Waals surface area contributed by atoms with Crippen LogP contribution < -0.4 is 10.5 Å². The highest BCUT2D eigenvalue weighted by atomic mass is 32.2. The zero-order chi connectivity index (χ0) is 14.1. The number of hydrogen-bond acceptors (Lipinski definition) is 3. The summed E-state index contributed by atoms with van der Waals surface area (Å²) in [5, 5.41) is 0. The van der Waals surface area contributed by atoms with Gasteiger partial charge in [-0.3, -0.25) is 0 Å². The third-order valence-electron chi connectivity index (χ3n) is 4.44. The lowest BCUT2D eigenvalue weighted by Gasteiger charge is -2.32. The molecule has 3 N–H and O–H groups in total. The number of hydrogen-bond donors (Lipinski definition) is 2. The first kappa shape index (κ1) is 15.2. The van der Waals surface area contributed by atoms with Crippen molar-refractivity contribution in [1.29, 1.82) is 0 Å². The lowest BCUT2D eigenvalue weighted by Crippen LogP contribution is -2.49. The number of rotatable bonds is 4. The largest absolute Gasteiger partial charge is 0.330 e. The second-order valence-electron chi connectivity index (χ2n) is 6.83. The molecule has 2 unspecified atom stereocenters. The summed E-state index contributed by atoms with van der Waals surface area (Å²) >= 11 is 0. The minimum absolute atomic E-state index is 0.0956. The van der Waals surface area contributed by atoms with Gasteiger partial charge in [-0.25, -0.2) is 0 Å². The molecule has 2 fully saturated rings. The second-order valence-corrected chi connectivity index (χ2v) is 8.53. The van der Waals surface area contributed by atoms with E-state index in [-0.39, 0.29) is 11.5 Å². The standard InChI is InChI=1S/C13H27N3O2S/c1-13(2)6-5-12(8-13)15-19(17,18)16-7-3-4-11(9-14)10-16/h11-12,15H,3-10,14H2,1-2H3. The Morgan fingerprint density at radius 2 is 2.11 bits per heavy atom. The summed E-state index contributed by atoms with van der Waals surface area (Å²) in [4.78, 5) is 0. The van der Waals surface area contributed by atoms with Crippen LogP contribution in [-0.2, 0) is 10.2 Å². The van der Waals surface area contributed by atoms with E-state index in [1.54, 1.807) is 4.31 Å². The SMILES string of the molecule is CC1(C)CCC(NS(=O)(=O)N2CCCC(CN)C2)C1. The Morgan fingerprint density at radius 3 is 2.68 bits per heavy atom. The molecule has 1 saturated heterocycles. The molecule has 0 spiro atoms. The van der Waals surface area contributed by atoms with Gasteiger partial charge in [0.25, 0.3) is 10.2 Å². The van der Waals surface area contributed by atoms with Crippen molar-refractivity contribution in [1.82, 2.24) is 9.03 Å². The molecule has 19 heavy (non-hydrogen) atoms. The predicted molar refractivity (Wildman–Crippen MR) is 76.8 cm³/mol. The maximum absolute atomic E-state index is 12.4. The van der Waals surface area contributed by atoms with Crippen LogP contribution in [0.15, 0.2) is 0 Å². The van der Waals surface area contributed by atoms with Crippen LogP contribution in [0.5, 0.6) is 0 Å². The van der Waals surface area contributed by atoms with E-state index in [1.165, 1.54) is 0 Å². The number of nitrogens with zero attached hydrogens (tertiary/aromatic N) is 1. The van der Waals surface area contributed by atoms with Crippen molar-refractivity contribution in [3.63, 3.8) is 0 Å². The maximum atomic E-state index is 12.4. The second kappa shape index (κ2) is 5.68. The summed E-state index contributed by atoms with van der Waals surface area (Å²) in [5.41, 5.74) is 5.92. The average Bonchev–Trinajstić information content (AvgIpc) is 2.68. The van der Waals surface area contributed by atoms with E-state index >= 15 is 0 Å². The predicted octanol–water partition coefficient (Wildman–Crippen LogP) is 1.07. The highest BCUT2D eigenvalue weighted by Crippen LogP contribution is 2.37. The van der Waals surface area contributed by atoms with E-state index in [2.05, 4.69) is 18.6 Å². The van der Waals surface area contributed by atoms with Gasteiger partial charge in [-0.2, -0.15) is 17.4 Å². The Hall–Kier alpha value is -0.170. The van der Waals surface area contributed by atoms with Crippen molar-refractivity contribution < 1.29 is 8.42 Å². The van der Waals surface area contributed by atoms with Crippen LogP contribution in [0.2, 0.25) is 0 Å². The van der Waals surface area contributed by atoms with Crippen molar-refractivity contribution in [2.24, 2.45) is 17.1 Å². The normalized spacial score (nSPS) is 32.6. The van der Waals surface area contributed by atoms with Gasteiger partial charge in [0.05, 0.1) is 0 Å². The Bertz CT molecular complexity index is 408. The van der Waals surface area contributed by atoms with Crippen LogP contribution in [0.3, 0.4) is 0 Å². The first-order valence-corrected chi connectivity index (χ1v) is 8.74. The van der Waals surface area contributed by atoms with Gasteiger partial charge >= 0.3 is 0 Å². The molecule has 0 radical (unpaired) electrons.